The first-order valence-electron chi connectivity index (χ1n) is 8.22. The Morgan fingerprint density at radius 1 is 1.39 bits per heavy atom. The quantitative estimate of drug-likeness (QED) is 0.758. The van der Waals surface area contributed by atoms with Crippen LogP contribution in [0.4, 0.5) is 0 Å². The van der Waals surface area contributed by atoms with Crippen molar-refractivity contribution in [2.75, 3.05) is 6.54 Å². The molecule has 0 aliphatic heterocycles. The number of fused-ring (bicyclic) bond motifs is 1. The van der Waals surface area contributed by atoms with Gasteiger partial charge in [0.05, 0.1) is 11.8 Å². The molecule has 2 aromatic rings. The molecule has 2 aromatic heterocycles. The minimum atomic E-state index is -0.735. The highest BCUT2D eigenvalue weighted by atomic mass is 35.5. The van der Waals surface area contributed by atoms with Gasteiger partial charge < -0.3 is 10.4 Å². The third-order valence-corrected chi connectivity index (χ3v) is 4.88. The molecule has 23 heavy (non-hydrogen) atoms. The van der Waals surface area contributed by atoms with Gasteiger partial charge in [-0.25, -0.2) is 9.67 Å². The number of hydrogen-bond donors (Lipinski definition) is 2. The molecule has 0 saturated heterocycles. The van der Waals surface area contributed by atoms with Crippen LogP contribution in [0.15, 0.2) is 12.3 Å². The van der Waals surface area contributed by atoms with Crippen LogP contribution in [0, 0.1) is 5.92 Å². The van der Waals surface area contributed by atoms with Crippen LogP contribution in [0.5, 0.6) is 0 Å². The van der Waals surface area contributed by atoms with Gasteiger partial charge in [-0.15, -0.1) is 0 Å². The lowest BCUT2D eigenvalue weighted by Crippen LogP contribution is -2.42. The predicted octanol–water partition coefficient (Wildman–Crippen LogP) is 3.55. The number of aromatic nitrogens is 3. The number of nitrogens with zero attached hydrogens (tertiary/aromatic N) is 3. The Kier molecular flexibility index (Phi) is 5.65. The van der Waals surface area contributed by atoms with E-state index < -0.39 is 5.60 Å². The van der Waals surface area contributed by atoms with Crippen molar-refractivity contribution in [3.63, 3.8) is 0 Å². The monoisotopic (exact) mass is 338 g/mol. The highest BCUT2D eigenvalue weighted by Gasteiger charge is 2.26. The molecule has 2 atom stereocenters. The molecule has 0 aliphatic carbocycles. The fourth-order valence-electron chi connectivity index (χ4n) is 2.56. The summed E-state index contributed by atoms with van der Waals surface area (Å²) < 4.78 is 1.87. The average Bonchev–Trinajstić information content (AvgIpc) is 2.89. The zero-order valence-electron chi connectivity index (χ0n) is 14.6. The van der Waals surface area contributed by atoms with E-state index in [1.54, 1.807) is 0 Å². The van der Waals surface area contributed by atoms with E-state index in [1.807, 2.05) is 23.9 Å². The summed E-state index contributed by atoms with van der Waals surface area (Å²) in [5.41, 5.74) is 0.990. The summed E-state index contributed by atoms with van der Waals surface area (Å²) in [6.45, 7) is 11.2. The van der Waals surface area contributed by atoms with E-state index in [4.69, 9.17) is 11.6 Å². The normalized spacial score (nSPS) is 16.0. The molecule has 0 bridgehead atoms. The number of halogens is 1. The molecule has 0 saturated carbocycles. The van der Waals surface area contributed by atoms with Gasteiger partial charge in [-0.2, -0.15) is 5.10 Å². The van der Waals surface area contributed by atoms with Crippen molar-refractivity contribution >= 4 is 22.6 Å². The Morgan fingerprint density at radius 3 is 2.70 bits per heavy atom. The average molecular weight is 339 g/mol. The highest BCUT2D eigenvalue weighted by Crippen LogP contribution is 2.23. The summed E-state index contributed by atoms with van der Waals surface area (Å²) in [6.07, 6.45) is 2.76. The Morgan fingerprint density at radius 2 is 2.09 bits per heavy atom. The predicted molar refractivity (Wildman–Crippen MR) is 94.7 cm³/mol. The minimum Gasteiger partial charge on any atom is -0.389 e. The molecule has 2 unspecified atom stereocenters. The van der Waals surface area contributed by atoms with Crippen LogP contribution in [-0.4, -0.2) is 32.0 Å². The SMILES string of the molecule is CCC(C)C(C)(O)CNCc1cc2cnn(C(C)C)c2nc1Cl. The minimum absolute atomic E-state index is 0.232. The molecule has 2 N–H and O–H groups in total. The van der Waals surface area contributed by atoms with E-state index in [-0.39, 0.29) is 12.0 Å². The van der Waals surface area contributed by atoms with E-state index >= 15 is 0 Å². The molecule has 0 aliphatic rings. The van der Waals surface area contributed by atoms with Crippen molar-refractivity contribution in [2.24, 2.45) is 5.92 Å². The summed E-state index contributed by atoms with van der Waals surface area (Å²) in [6, 6.07) is 2.26. The van der Waals surface area contributed by atoms with Gasteiger partial charge in [0.2, 0.25) is 0 Å². The lowest BCUT2D eigenvalue weighted by molar-refractivity contribution is 0.00534. The summed E-state index contributed by atoms with van der Waals surface area (Å²) in [5, 5.41) is 19.6. The van der Waals surface area contributed by atoms with Crippen molar-refractivity contribution in [3.8, 4) is 0 Å². The standard InChI is InChI=1S/C17H27ClN4O/c1-6-12(4)17(5,23)10-19-8-13-7-14-9-20-22(11(2)3)16(14)21-15(13)18/h7,9,11-12,19,23H,6,8,10H2,1-5H3. The first-order valence-corrected chi connectivity index (χ1v) is 8.59. The molecule has 0 aromatic carbocycles. The zero-order chi connectivity index (χ0) is 17.2. The summed E-state index contributed by atoms with van der Waals surface area (Å²) >= 11 is 6.32. The first-order chi connectivity index (χ1) is 10.8. The van der Waals surface area contributed by atoms with Gasteiger partial charge in [-0.05, 0) is 32.8 Å². The van der Waals surface area contributed by atoms with Gasteiger partial charge in [0.1, 0.15) is 5.15 Å². The van der Waals surface area contributed by atoms with E-state index in [2.05, 4.69) is 43.1 Å². The van der Waals surface area contributed by atoms with Crippen molar-refractivity contribution in [1.82, 2.24) is 20.1 Å². The maximum Gasteiger partial charge on any atom is 0.159 e. The molecular weight excluding hydrogens is 312 g/mol. The van der Waals surface area contributed by atoms with Crippen molar-refractivity contribution in [2.45, 2.75) is 59.2 Å². The van der Waals surface area contributed by atoms with Crippen LogP contribution in [0.25, 0.3) is 11.0 Å². The van der Waals surface area contributed by atoms with E-state index in [1.165, 1.54) is 0 Å². The van der Waals surface area contributed by atoms with Crippen LogP contribution in [0.1, 0.15) is 52.6 Å². The van der Waals surface area contributed by atoms with E-state index in [0.29, 0.717) is 18.2 Å². The largest absolute Gasteiger partial charge is 0.389 e. The van der Waals surface area contributed by atoms with Crippen LogP contribution >= 0.6 is 11.6 Å². The smallest absolute Gasteiger partial charge is 0.159 e. The van der Waals surface area contributed by atoms with Gasteiger partial charge in [-0.1, -0.05) is 31.9 Å². The fourth-order valence-corrected chi connectivity index (χ4v) is 2.77. The molecule has 0 radical (unpaired) electrons. The van der Waals surface area contributed by atoms with Gasteiger partial charge in [-0.3, -0.25) is 0 Å². The van der Waals surface area contributed by atoms with E-state index in [9.17, 15) is 5.11 Å². The fraction of sp³-hybridized carbons (Fsp3) is 0.647. The lowest BCUT2D eigenvalue weighted by Gasteiger charge is -2.30. The maximum absolute atomic E-state index is 10.4. The molecule has 2 heterocycles. The Balaban J connectivity index is 2.11. The third-order valence-electron chi connectivity index (χ3n) is 4.56. The highest BCUT2D eigenvalue weighted by molar-refractivity contribution is 6.30. The topological polar surface area (TPSA) is 63.0 Å². The Bertz CT molecular complexity index is 666. The lowest BCUT2D eigenvalue weighted by atomic mass is 9.88. The molecule has 0 amide bonds. The Hall–Kier alpha value is -1.17. The molecule has 6 heteroatoms. The third kappa shape index (κ3) is 4.03. The van der Waals surface area contributed by atoms with Crippen LogP contribution in [0.3, 0.4) is 0 Å². The molecule has 128 valence electrons. The number of hydrogen-bond acceptors (Lipinski definition) is 4. The molecule has 2 rings (SSSR count). The second-order valence-electron chi connectivity index (χ2n) is 6.80. The first kappa shape index (κ1) is 18.2. The number of aliphatic hydroxyl groups is 1. The van der Waals surface area contributed by atoms with Crippen molar-refractivity contribution in [1.29, 1.82) is 0 Å². The summed E-state index contributed by atoms with van der Waals surface area (Å²) in [7, 11) is 0. The molecule has 5 nitrogen and oxygen atoms in total. The van der Waals surface area contributed by atoms with Crippen molar-refractivity contribution < 1.29 is 5.11 Å². The van der Waals surface area contributed by atoms with Crippen molar-refractivity contribution in [3.05, 3.63) is 23.0 Å². The van der Waals surface area contributed by atoms with Crippen LogP contribution in [0.2, 0.25) is 5.15 Å². The van der Waals surface area contributed by atoms with Crippen LogP contribution < -0.4 is 5.32 Å². The molecule has 0 spiro atoms. The van der Waals surface area contributed by atoms with Gasteiger partial charge >= 0.3 is 0 Å². The molecule has 0 fully saturated rings. The van der Waals surface area contributed by atoms with Gasteiger partial charge in [0.15, 0.2) is 5.65 Å². The van der Waals surface area contributed by atoms with Gasteiger partial charge in [0.25, 0.3) is 0 Å². The Labute approximate surface area is 143 Å². The second kappa shape index (κ2) is 7.16. The number of nitrogens with one attached hydrogen (secondary N) is 1. The number of pyridine rings is 1. The van der Waals surface area contributed by atoms with Gasteiger partial charge in [0, 0.05) is 30.1 Å². The summed E-state index contributed by atoms with van der Waals surface area (Å²) in [5.74, 6) is 0.232. The maximum atomic E-state index is 10.4. The van der Waals surface area contributed by atoms with Crippen LogP contribution in [-0.2, 0) is 6.54 Å². The molecular formula is C17H27ClN4O. The zero-order valence-corrected chi connectivity index (χ0v) is 15.4. The second-order valence-corrected chi connectivity index (χ2v) is 7.16. The van der Waals surface area contributed by atoms with E-state index in [0.717, 1.165) is 23.0 Å². The number of rotatable bonds is 7. The summed E-state index contributed by atoms with van der Waals surface area (Å²) in [4.78, 5) is 4.49.